The van der Waals surface area contributed by atoms with Gasteiger partial charge in [0.05, 0.1) is 11.7 Å². The lowest BCUT2D eigenvalue weighted by Gasteiger charge is -2.56. The number of likely N-dealkylation sites (tertiary alicyclic amines) is 1. The van der Waals surface area contributed by atoms with E-state index in [0.29, 0.717) is 25.1 Å². The highest BCUT2D eigenvalue weighted by atomic mass is 16.2. The summed E-state index contributed by atoms with van der Waals surface area (Å²) < 4.78 is 0. The molecule has 0 bridgehead atoms. The van der Waals surface area contributed by atoms with Crippen LogP contribution in [-0.4, -0.2) is 34.8 Å². The number of carbonyl (C=O) groups is 2. The van der Waals surface area contributed by atoms with Gasteiger partial charge in [0.1, 0.15) is 0 Å². The maximum atomic E-state index is 13.4. The Morgan fingerprint density at radius 2 is 1.91 bits per heavy atom. The van der Waals surface area contributed by atoms with Crippen molar-refractivity contribution in [3.05, 3.63) is 47.7 Å². The van der Waals surface area contributed by atoms with Gasteiger partial charge in [-0.2, -0.15) is 0 Å². The minimum atomic E-state index is -0.773. The molecular formula is C19H23NO3. The predicted octanol–water partition coefficient (Wildman–Crippen LogP) is 2.99. The maximum Gasteiger partial charge on any atom is 0.234 e. The molecule has 1 aromatic carbocycles. The standard InChI is InChI=1S/C19H23NO3/c1-3-20-10-9-18(2)12-16(22)14(13-21)11-19(18,17(20)23)15-7-5-4-6-8-15/h4-8,13,21H,3,9-12H2,1-2H3/b14-13-. The van der Waals surface area contributed by atoms with Crippen LogP contribution in [0.4, 0.5) is 0 Å². The van der Waals surface area contributed by atoms with Crippen molar-refractivity contribution in [2.45, 2.75) is 38.5 Å². The van der Waals surface area contributed by atoms with E-state index in [1.54, 1.807) is 0 Å². The largest absolute Gasteiger partial charge is 0.515 e. The number of hydrogen-bond donors (Lipinski definition) is 1. The van der Waals surface area contributed by atoms with Crippen molar-refractivity contribution in [3.8, 4) is 0 Å². The summed E-state index contributed by atoms with van der Waals surface area (Å²) in [4.78, 5) is 27.6. The highest BCUT2D eigenvalue weighted by molar-refractivity contribution is 6.02. The smallest absolute Gasteiger partial charge is 0.234 e. The number of hydrogen-bond acceptors (Lipinski definition) is 3. The summed E-state index contributed by atoms with van der Waals surface area (Å²) in [6.07, 6.45) is 2.27. The van der Waals surface area contributed by atoms with Crippen molar-refractivity contribution in [1.82, 2.24) is 4.90 Å². The Labute approximate surface area is 136 Å². The Bertz CT molecular complexity index is 666. The average Bonchev–Trinajstić information content (AvgIpc) is 2.56. The Kier molecular flexibility index (Phi) is 3.78. The van der Waals surface area contributed by atoms with Crippen molar-refractivity contribution in [3.63, 3.8) is 0 Å². The van der Waals surface area contributed by atoms with Crippen LogP contribution < -0.4 is 0 Å². The van der Waals surface area contributed by atoms with E-state index in [9.17, 15) is 14.7 Å². The van der Waals surface area contributed by atoms with Crippen LogP contribution in [0.2, 0.25) is 0 Å². The van der Waals surface area contributed by atoms with Gasteiger partial charge in [-0.25, -0.2) is 0 Å². The first kappa shape index (κ1) is 15.8. The van der Waals surface area contributed by atoms with Gasteiger partial charge in [-0.1, -0.05) is 37.3 Å². The number of nitrogens with zero attached hydrogens (tertiary/aromatic N) is 1. The average molecular weight is 313 g/mol. The Morgan fingerprint density at radius 1 is 1.22 bits per heavy atom. The van der Waals surface area contributed by atoms with E-state index in [0.717, 1.165) is 18.2 Å². The molecule has 1 amide bonds. The van der Waals surface area contributed by atoms with E-state index in [1.807, 2.05) is 42.2 Å². The van der Waals surface area contributed by atoms with Gasteiger partial charge in [-0.3, -0.25) is 9.59 Å². The molecule has 2 fully saturated rings. The molecule has 1 aliphatic carbocycles. The molecule has 0 spiro atoms. The summed E-state index contributed by atoms with van der Waals surface area (Å²) in [5.74, 6) is 0.0334. The molecule has 2 atom stereocenters. The van der Waals surface area contributed by atoms with Gasteiger partial charge in [-0.15, -0.1) is 0 Å². The Morgan fingerprint density at radius 3 is 2.52 bits per heavy atom. The quantitative estimate of drug-likeness (QED) is 0.674. The summed E-state index contributed by atoms with van der Waals surface area (Å²) in [5.41, 5.74) is 0.112. The summed E-state index contributed by atoms with van der Waals surface area (Å²) in [6, 6.07) is 9.74. The number of benzene rings is 1. The Hall–Kier alpha value is -2.10. The molecule has 122 valence electrons. The number of fused-ring (bicyclic) bond motifs is 1. The third kappa shape index (κ3) is 2.12. The zero-order valence-electron chi connectivity index (χ0n) is 13.7. The first-order valence-electron chi connectivity index (χ1n) is 8.20. The van der Waals surface area contributed by atoms with Crippen LogP contribution in [0.25, 0.3) is 0 Å². The van der Waals surface area contributed by atoms with Crippen LogP contribution in [0.3, 0.4) is 0 Å². The van der Waals surface area contributed by atoms with Gasteiger partial charge in [0.2, 0.25) is 5.91 Å². The molecule has 1 heterocycles. The van der Waals surface area contributed by atoms with Gasteiger partial charge >= 0.3 is 0 Å². The summed E-state index contributed by atoms with van der Waals surface area (Å²) >= 11 is 0. The normalized spacial score (nSPS) is 33.0. The van der Waals surface area contributed by atoms with E-state index in [-0.39, 0.29) is 18.1 Å². The molecule has 23 heavy (non-hydrogen) atoms. The molecular weight excluding hydrogens is 290 g/mol. The van der Waals surface area contributed by atoms with Gasteiger partial charge in [0.15, 0.2) is 5.78 Å². The van der Waals surface area contributed by atoms with Gasteiger partial charge < -0.3 is 10.0 Å². The summed E-state index contributed by atoms with van der Waals surface area (Å²) in [6.45, 7) is 5.38. The number of likely N-dealkylation sites (N-methyl/N-ethyl adjacent to an activating group) is 1. The molecule has 2 unspecified atom stereocenters. The summed E-state index contributed by atoms with van der Waals surface area (Å²) in [5, 5.41) is 9.50. The maximum absolute atomic E-state index is 13.4. The fourth-order valence-corrected chi connectivity index (χ4v) is 4.32. The van der Waals surface area contributed by atoms with Gasteiger partial charge in [0.25, 0.3) is 0 Å². The highest BCUT2D eigenvalue weighted by Crippen LogP contribution is 2.57. The second-order valence-electron chi connectivity index (χ2n) is 6.90. The lowest BCUT2D eigenvalue weighted by Crippen LogP contribution is -2.63. The van der Waals surface area contributed by atoms with Gasteiger partial charge in [-0.05, 0) is 30.7 Å². The molecule has 3 rings (SSSR count). The van der Waals surface area contributed by atoms with E-state index < -0.39 is 10.8 Å². The molecule has 1 N–H and O–H groups in total. The zero-order chi connectivity index (χ0) is 16.7. The fourth-order valence-electron chi connectivity index (χ4n) is 4.32. The van der Waals surface area contributed by atoms with Crippen LogP contribution in [-0.2, 0) is 15.0 Å². The van der Waals surface area contributed by atoms with Crippen molar-refractivity contribution < 1.29 is 14.7 Å². The molecule has 0 aromatic heterocycles. The van der Waals surface area contributed by atoms with E-state index >= 15 is 0 Å². The number of ketones is 1. The third-order valence-corrected chi connectivity index (χ3v) is 5.78. The molecule has 1 aliphatic heterocycles. The van der Waals surface area contributed by atoms with Crippen LogP contribution in [0.15, 0.2) is 42.2 Å². The molecule has 4 nitrogen and oxygen atoms in total. The van der Waals surface area contributed by atoms with Crippen molar-refractivity contribution in [1.29, 1.82) is 0 Å². The van der Waals surface area contributed by atoms with E-state index in [4.69, 9.17) is 0 Å². The number of aliphatic hydroxyl groups is 1. The van der Waals surface area contributed by atoms with Crippen LogP contribution >= 0.6 is 0 Å². The van der Waals surface area contributed by atoms with E-state index in [1.165, 1.54) is 0 Å². The molecule has 1 saturated heterocycles. The van der Waals surface area contributed by atoms with Crippen LogP contribution in [0, 0.1) is 5.41 Å². The second-order valence-corrected chi connectivity index (χ2v) is 6.90. The Balaban J connectivity index is 2.23. The monoisotopic (exact) mass is 313 g/mol. The van der Waals surface area contributed by atoms with Crippen molar-refractivity contribution in [2.24, 2.45) is 5.41 Å². The number of amides is 1. The first-order valence-corrected chi connectivity index (χ1v) is 8.20. The van der Waals surface area contributed by atoms with Gasteiger partial charge in [0, 0.05) is 25.1 Å². The van der Waals surface area contributed by atoms with Crippen molar-refractivity contribution in [2.75, 3.05) is 13.1 Å². The minimum Gasteiger partial charge on any atom is -0.515 e. The summed E-state index contributed by atoms with van der Waals surface area (Å²) in [7, 11) is 0. The number of Topliss-reactive ketones (excluding diaryl/α,β-unsaturated/α-hetero) is 1. The minimum absolute atomic E-state index is 0.0423. The zero-order valence-corrected chi connectivity index (χ0v) is 13.7. The second kappa shape index (κ2) is 5.52. The number of allylic oxidation sites excluding steroid dienone is 1. The van der Waals surface area contributed by atoms with Crippen LogP contribution in [0.1, 0.15) is 38.7 Å². The molecule has 2 aliphatic rings. The SMILES string of the molecule is CCN1CCC2(C)CC(=O)/C(=C\O)CC2(c2ccccc2)C1=O. The van der Waals surface area contributed by atoms with E-state index in [2.05, 4.69) is 6.92 Å². The molecule has 1 aromatic rings. The van der Waals surface area contributed by atoms with Crippen LogP contribution in [0.5, 0.6) is 0 Å². The third-order valence-electron chi connectivity index (χ3n) is 5.78. The topological polar surface area (TPSA) is 57.6 Å². The molecule has 0 radical (unpaired) electrons. The number of piperidine rings is 1. The number of aliphatic hydroxyl groups excluding tert-OH is 1. The number of rotatable bonds is 2. The fraction of sp³-hybridized carbons (Fsp3) is 0.474. The molecule has 1 saturated carbocycles. The number of carbonyl (C=O) groups excluding carboxylic acids is 2. The van der Waals surface area contributed by atoms with Crippen molar-refractivity contribution >= 4 is 11.7 Å². The molecule has 4 heteroatoms. The lowest BCUT2D eigenvalue weighted by atomic mass is 9.49. The highest BCUT2D eigenvalue weighted by Gasteiger charge is 2.61. The predicted molar refractivity (Wildman–Crippen MR) is 88.1 cm³/mol. The first-order chi connectivity index (χ1) is 11.0. The lowest BCUT2D eigenvalue weighted by molar-refractivity contribution is -0.153.